The molecule has 0 bridgehead atoms. The van der Waals surface area contributed by atoms with Crippen molar-refractivity contribution in [3.05, 3.63) is 51.9 Å². The van der Waals surface area contributed by atoms with Gasteiger partial charge in [0.05, 0.1) is 19.9 Å². The van der Waals surface area contributed by atoms with Crippen molar-refractivity contribution in [3.63, 3.8) is 0 Å². The molecule has 0 aliphatic heterocycles. The monoisotopic (exact) mass is 505 g/mol. The lowest BCUT2D eigenvalue weighted by Gasteiger charge is -2.01. The van der Waals surface area contributed by atoms with E-state index in [0.717, 1.165) is 27.5 Å². The normalized spacial score (nSPS) is 11.2. The number of nitrogens with one attached hydrogen (secondary N) is 1. The SMILES string of the molecule is C[n+]1c2ccccc2c(I)c2[nH]c3ccc(F)cc3c21.I. The van der Waals surface area contributed by atoms with Crippen LogP contribution in [0.1, 0.15) is 0 Å². The third-order valence-corrected chi connectivity index (χ3v) is 4.91. The Morgan fingerprint density at radius 1 is 1.10 bits per heavy atom. The van der Waals surface area contributed by atoms with Gasteiger partial charge in [-0.3, -0.25) is 0 Å². The molecule has 0 aliphatic rings. The minimum absolute atomic E-state index is 0. The van der Waals surface area contributed by atoms with E-state index in [1.165, 1.54) is 15.0 Å². The number of aromatic amines is 1. The molecule has 0 fully saturated rings. The van der Waals surface area contributed by atoms with Crippen molar-refractivity contribution in [1.29, 1.82) is 0 Å². The summed E-state index contributed by atoms with van der Waals surface area (Å²) in [5.41, 5.74) is 4.22. The molecule has 4 aromatic rings. The van der Waals surface area contributed by atoms with E-state index >= 15 is 0 Å². The molecule has 0 radical (unpaired) electrons. The predicted octanol–water partition coefficient (Wildman–Crippen LogP) is 4.66. The molecule has 0 atom stereocenters. The van der Waals surface area contributed by atoms with Crippen LogP contribution in [0.25, 0.3) is 32.8 Å². The first-order valence-electron chi connectivity index (χ1n) is 6.34. The zero-order chi connectivity index (χ0) is 13.9. The standard InChI is InChI=1S/C16H10FIN2.HI/c1-20-13-5-3-2-4-10(13)14(18)15-16(20)11-8-9(17)6-7-12(11)19-15;/h2-8H,1H3;1H/p+1. The summed E-state index contributed by atoms with van der Waals surface area (Å²) in [6.45, 7) is 0. The topological polar surface area (TPSA) is 19.7 Å². The van der Waals surface area contributed by atoms with Crippen molar-refractivity contribution in [2.45, 2.75) is 0 Å². The van der Waals surface area contributed by atoms with Gasteiger partial charge in [0, 0.05) is 6.07 Å². The molecule has 5 heteroatoms. The molecule has 106 valence electrons. The third-order valence-electron chi connectivity index (χ3n) is 3.79. The number of rotatable bonds is 0. The first kappa shape index (κ1) is 15.0. The van der Waals surface area contributed by atoms with Gasteiger partial charge in [-0.25, -0.2) is 4.39 Å². The highest BCUT2D eigenvalue weighted by Gasteiger charge is 2.21. The summed E-state index contributed by atoms with van der Waals surface area (Å²) >= 11 is 2.36. The van der Waals surface area contributed by atoms with E-state index in [-0.39, 0.29) is 29.8 Å². The van der Waals surface area contributed by atoms with Gasteiger partial charge in [-0.2, -0.15) is 4.57 Å². The average molecular weight is 505 g/mol. The highest BCUT2D eigenvalue weighted by Crippen LogP contribution is 2.30. The van der Waals surface area contributed by atoms with Crippen LogP contribution in [-0.4, -0.2) is 4.98 Å². The Morgan fingerprint density at radius 3 is 2.67 bits per heavy atom. The fourth-order valence-corrected chi connectivity index (χ4v) is 3.71. The van der Waals surface area contributed by atoms with Gasteiger partial charge in [-0.15, -0.1) is 24.0 Å². The number of fused-ring (bicyclic) bond motifs is 4. The maximum absolute atomic E-state index is 13.6. The Morgan fingerprint density at radius 2 is 1.86 bits per heavy atom. The van der Waals surface area contributed by atoms with Crippen LogP contribution in [0.3, 0.4) is 0 Å². The van der Waals surface area contributed by atoms with Crippen LogP contribution in [-0.2, 0) is 7.05 Å². The molecular weight excluding hydrogens is 493 g/mol. The second-order valence-corrected chi connectivity index (χ2v) is 6.01. The molecule has 2 aromatic carbocycles. The van der Waals surface area contributed by atoms with Gasteiger partial charge in [0.2, 0.25) is 11.0 Å². The molecule has 2 heterocycles. The maximum Gasteiger partial charge on any atom is 0.239 e. The molecule has 0 unspecified atom stereocenters. The van der Waals surface area contributed by atoms with Crippen LogP contribution in [0, 0.1) is 9.39 Å². The highest BCUT2D eigenvalue weighted by atomic mass is 127. The van der Waals surface area contributed by atoms with Gasteiger partial charge >= 0.3 is 0 Å². The Kier molecular flexibility index (Phi) is 3.81. The summed E-state index contributed by atoms with van der Waals surface area (Å²) in [5.74, 6) is -0.207. The van der Waals surface area contributed by atoms with E-state index in [9.17, 15) is 4.39 Å². The molecular formula is C16H12FI2N2+. The highest BCUT2D eigenvalue weighted by molar-refractivity contribution is 14.1. The molecule has 1 N–H and O–H groups in total. The zero-order valence-corrected chi connectivity index (χ0v) is 15.6. The molecule has 2 aromatic heterocycles. The van der Waals surface area contributed by atoms with Crippen LogP contribution < -0.4 is 4.57 Å². The molecule has 21 heavy (non-hydrogen) atoms. The number of hydrogen-bond donors (Lipinski definition) is 1. The molecule has 4 rings (SSSR count). The largest absolute Gasteiger partial charge is 0.348 e. The van der Waals surface area contributed by atoms with Crippen LogP contribution in [0.15, 0.2) is 42.5 Å². The van der Waals surface area contributed by atoms with Crippen LogP contribution >= 0.6 is 46.6 Å². The minimum Gasteiger partial charge on any atom is -0.348 e. The van der Waals surface area contributed by atoms with Crippen LogP contribution in [0.2, 0.25) is 0 Å². The summed E-state index contributed by atoms with van der Waals surface area (Å²) < 4.78 is 16.9. The van der Waals surface area contributed by atoms with E-state index in [1.807, 2.05) is 19.2 Å². The fraction of sp³-hybridized carbons (Fsp3) is 0.0625. The number of nitrogens with zero attached hydrogens (tertiary/aromatic N) is 1. The van der Waals surface area contributed by atoms with Gasteiger partial charge < -0.3 is 4.98 Å². The number of hydrogen-bond acceptors (Lipinski definition) is 0. The lowest BCUT2D eigenvalue weighted by atomic mass is 10.1. The first-order valence-corrected chi connectivity index (χ1v) is 7.42. The molecule has 0 aliphatic carbocycles. The second-order valence-electron chi connectivity index (χ2n) is 4.93. The smallest absolute Gasteiger partial charge is 0.239 e. The molecule has 2 nitrogen and oxygen atoms in total. The lowest BCUT2D eigenvalue weighted by Crippen LogP contribution is -2.30. The number of aryl methyl sites for hydroxylation is 1. The van der Waals surface area contributed by atoms with Crippen molar-refractivity contribution in [2.24, 2.45) is 7.05 Å². The van der Waals surface area contributed by atoms with Crippen molar-refractivity contribution in [2.75, 3.05) is 0 Å². The van der Waals surface area contributed by atoms with Crippen molar-refractivity contribution < 1.29 is 8.96 Å². The maximum atomic E-state index is 13.6. The summed E-state index contributed by atoms with van der Waals surface area (Å²) in [5, 5.41) is 2.13. The lowest BCUT2D eigenvalue weighted by molar-refractivity contribution is -0.616. The Balaban J connectivity index is 0.00000132. The summed E-state index contributed by atoms with van der Waals surface area (Å²) in [6.07, 6.45) is 0. The molecule has 0 amide bonds. The second kappa shape index (κ2) is 5.35. The van der Waals surface area contributed by atoms with E-state index in [2.05, 4.69) is 44.3 Å². The van der Waals surface area contributed by atoms with Gasteiger partial charge in [0.15, 0.2) is 0 Å². The quantitative estimate of drug-likeness (QED) is 0.265. The molecule has 0 saturated carbocycles. The number of halogens is 3. The Labute approximate surface area is 151 Å². The minimum atomic E-state index is -0.207. The first-order chi connectivity index (χ1) is 9.66. The van der Waals surface area contributed by atoms with E-state index in [1.54, 1.807) is 12.1 Å². The van der Waals surface area contributed by atoms with Gasteiger partial charge in [-0.05, 0) is 46.9 Å². The average Bonchev–Trinajstić information content (AvgIpc) is 2.84. The van der Waals surface area contributed by atoms with Crippen molar-refractivity contribution in [3.8, 4) is 0 Å². The summed E-state index contributed by atoms with van der Waals surface area (Å²) in [6, 6.07) is 13.2. The Hall–Kier alpha value is -0.960. The van der Waals surface area contributed by atoms with Gasteiger partial charge in [-0.1, -0.05) is 12.1 Å². The van der Waals surface area contributed by atoms with Crippen molar-refractivity contribution in [1.82, 2.24) is 4.98 Å². The number of pyridine rings is 1. The summed E-state index contributed by atoms with van der Waals surface area (Å²) in [7, 11) is 2.03. The molecule has 0 spiro atoms. The molecule has 0 saturated heterocycles. The number of aromatic nitrogens is 2. The van der Waals surface area contributed by atoms with Crippen LogP contribution in [0.4, 0.5) is 4.39 Å². The zero-order valence-electron chi connectivity index (χ0n) is 11.2. The predicted molar refractivity (Wildman–Crippen MR) is 103 cm³/mol. The van der Waals surface area contributed by atoms with Crippen molar-refractivity contribution >= 4 is 79.4 Å². The number of benzene rings is 2. The summed E-state index contributed by atoms with van der Waals surface area (Å²) in [4.78, 5) is 3.41. The Bertz CT molecular complexity index is 992. The van der Waals surface area contributed by atoms with Gasteiger partial charge in [0.1, 0.15) is 18.4 Å². The van der Waals surface area contributed by atoms with Gasteiger partial charge in [0.25, 0.3) is 0 Å². The van der Waals surface area contributed by atoms with E-state index < -0.39 is 0 Å². The van der Waals surface area contributed by atoms with E-state index in [4.69, 9.17) is 0 Å². The number of H-pyrrole nitrogens is 1. The van der Waals surface area contributed by atoms with E-state index in [0.29, 0.717) is 0 Å². The fourth-order valence-electron chi connectivity index (χ4n) is 2.86. The third kappa shape index (κ3) is 2.12. The van der Waals surface area contributed by atoms with Crippen LogP contribution in [0.5, 0.6) is 0 Å². The number of para-hydroxylation sites is 1.